The third-order valence-electron chi connectivity index (χ3n) is 4.87. The van der Waals surface area contributed by atoms with E-state index in [1.165, 1.54) is 36.8 Å². The van der Waals surface area contributed by atoms with Crippen molar-refractivity contribution in [3.8, 4) is 0 Å². The monoisotopic (exact) mass is 350 g/mol. The summed E-state index contributed by atoms with van der Waals surface area (Å²) < 4.78 is 12.1. The molecule has 1 aromatic carbocycles. The lowest BCUT2D eigenvalue weighted by Gasteiger charge is -2.01. The summed E-state index contributed by atoms with van der Waals surface area (Å²) in [5, 5.41) is 2.26. The highest BCUT2D eigenvalue weighted by atomic mass is 16.3. The first-order valence-corrected chi connectivity index (χ1v) is 9.87. The van der Waals surface area contributed by atoms with E-state index in [1.807, 2.05) is 6.07 Å². The second kappa shape index (κ2) is 8.44. The van der Waals surface area contributed by atoms with E-state index < -0.39 is 0 Å². The van der Waals surface area contributed by atoms with E-state index in [2.05, 4.69) is 45.2 Å². The third kappa shape index (κ3) is 4.49. The fourth-order valence-electron chi connectivity index (χ4n) is 3.38. The molecular formula is C24H30O2. The second-order valence-electron chi connectivity index (χ2n) is 7.41. The number of allylic oxidation sites excluding steroid dienone is 2. The van der Waals surface area contributed by atoms with Gasteiger partial charge in [-0.3, -0.25) is 0 Å². The van der Waals surface area contributed by atoms with Crippen molar-refractivity contribution in [1.29, 1.82) is 0 Å². The van der Waals surface area contributed by atoms with Gasteiger partial charge < -0.3 is 8.83 Å². The van der Waals surface area contributed by atoms with Crippen LogP contribution in [0.3, 0.4) is 0 Å². The summed E-state index contributed by atoms with van der Waals surface area (Å²) in [5.41, 5.74) is 4.26. The first-order chi connectivity index (χ1) is 12.6. The van der Waals surface area contributed by atoms with Gasteiger partial charge in [-0.25, -0.2) is 0 Å². The molecule has 3 rings (SSSR count). The standard InChI is InChI=1S/C24H30O2/c1-5-7-9-17(3)11-21-14-19-13-20-15-22(12-18(4)10-8-6-2)26-24(20)16-23(19)25-21/h13-16H,3-12H2,1-2H3. The largest absolute Gasteiger partial charge is 0.461 e. The molecule has 0 saturated carbocycles. The molecule has 2 heteroatoms. The maximum Gasteiger partial charge on any atom is 0.138 e. The molecule has 138 valence electrons. The van der Waals surface area contributed by atoms with E-state index in [4.69, 9.17) is 8.83 Å². The predicted molar refractivity (Wildman–Crippen MR) is 111 cm³/mol. The summed E-state index contributed by atoms with van der Waals surface area (Å²) in [5.74, 6) is 1.98. The van der Waals surface area contributed by atoms with Crippen LogP contribution in [0.4, 0.5) is 0 Å². The van der Waals surface area contributed by atoms with Crippen LogP contribution in [0.2, 0.25) is 0 Å². The summed E-state index contributed by atoms with van der Waals surface area (Å²) in [7, 11) is 0. The number of hydrogen-bond donors (Lipinski definition) is 0. The molecule has 0 bridgehead atoms. The van der Waals surface area contributed by atoms with Crippen LogP contribution in [0.5, 0.6) is 0 Å². The maximum absolute atomic E-state index is 6.03. The zero-order valence-electron chi connectivity index (χ0n) is 16.2. The Labute approximate surface area is 156 Å². The molecule has 0 amide bonds. The van der Waals surface area contributed by atoms with Crippen molar-refractivity contribution in [1.82, 2.24) is 0 Å². The minimum absolute atomic E-state index is 0.818. The highest BCUT2D eigenvalue weighted by molar-refractivity contribution is 5.93. The van der Waals surface area contributed by atoms with E-state index in [0.29, 0.717) is 0 Å². The summed E-state index contributed by atoms with van der Waals surface area (Å²) in [6, 6.07) is 8.45. The Morgan fingerprint density at radius 2 is 1.19 bits per heavy atom. The van der Waals surface area contributed by atoms with Gasteiger partial charge in [-0.2, -0.15) is 0 Å². The van der Waals surface area contributed by atoms with Gasteiger partial charge in [-0.15, -0.1) is 0 Å². The molecule has 0 atom stereocenters. The molecule has 0 N–H and O–H groups in total. The predicted octanol–water partition coefficient (Wildman–Crippen LogP) is 7.76. The fourth-order valence-corrected chi connectivity index (χ4v) is 3.38. The minimum Gasteiger partial charge on any atom is -0.461 e. The van der Waals surface area contributed by atoms with Crippen molar-refractivity contribution < 1.29 is 8.83 Å². The van der Waals surface area contributed by atoms with Gasteiger partial charge in [-0.05, 0) is 43.9 Å². The summed E-state index contributed by atoms with van der Waals surface area (Å²) >= 11 is 0. The fraction of sp³-hybridized carbons (Fsp3) is 0.417. The number of fused-ring (bicyclic) bond motifs is 2. The highest BCUT2D eigenvalue weighted by Crippen LogP contribution is 2.30. The molecule has 3 aromatic rings. The molecule has 2 nitrogen and oxygen atoms in total. The number of furan rings is 2. The summed E-state index contributed by atoms with van der Waals surface area (Å²) in [6.07, 6.45) is 8.56. The highest BCUT2D eigenvalue weighted by Gasteiger charge is 2.11. The molecule has 2 heterocycles. The van der Waals surface area contributed by atoms with Crippen molar-refractivity contribution in [2.45, 2.75) is 65.2 Å². The molecule has 26 heavy (non-hydrogen) atoms. The molecule has 0 radical (unpaired) electrons. The molecule has 0 aliphatic heterocycles. The first kappa shape index (κ1) is 18.6. The van der Waals surface area contributed by atoms with Crippen molar-refractivity contribution in [2.75, 3.05) is 0 Å². The minimum atomic E-state index is 0.818. The average Bonchev–Trinajstić information content (AvgIpc) is 3.17. The maximum atomic E-state index is 6.03. The van der Waals surface area contributed by atoms with Crippen LogP contribution in [0, 0.1) is 0 Å². The zero-order chi connectivity index (χ0) is 18.5. The van der Waals surface area contributed by atoms with Crippen molar-refractivity contribution in [2.24, 2.45) is 0 Å². The van der Waals surface area contributed by atoms with Gasteiger partial charge in [0.15, 0.2) is 0 Å². The Morgan fingerprint density at radius 1 is 0.731 bits per heavy atom. The smallest absolute Gasteiger partial charge is 0.138 e. The topological polar surface area (TPSA) is 26.3 Å². The normalized spacial score (nSPS) is 11.5. The lowest BCUT2D eigenvalue weighted by atomic mass is 10.1. The second-order valence-corrected chi connectivity index (χ2v) is 7.41. The molecule has 0 fully saturated rings. The Balaban J connectivity index is 1.75. The van der Waals surface area contributed by atoms with Crippen molar-refractivity contribution >= 4 is 21.9 Å². The van der Waals surface area contributed by atoms with Crippen LogP contribution in [-0.2, 0) is 12.8 Å². The van der Waals surface area contributed by atoms with Gasteiger partial charge in [-0.1, -0.05) is 51.0 Å². The molecule has 2 aromatic heterocycles. The third-order valence-corrected chi connectivity index (χ3v) is 4.87. The van der Waals surface area contributed by atoms with Crippen molar-refractivity contribution in [3.63, 3.8) is 0 Å². The number of rotatable bonds is 10. The van der Waals surface area contributed by atoms with Gasteiger partial charge in [0.25, 0.3) is 0 Å². The van der Waals surface area contributed by atoms with E-state index >= 15 is 0 Å². The molecule has 0 spiro atoms. The molecule has 0 aliphatic rings. The SMILES string of the molecule is C=C(CCCC)Cc1cc2cc3cc(CC(=C)CCCC)oc3cc2o1. The number of hydrogen-bond acceptors (Lipinski definition) is 2. The summed E-state index contributed by atoms with van der Waals surface area (Å²) in [6.45, 7) is 12.8. The Hall–Kier alpha value is -2.22. The molecule has 0 unspecified atom stereocenters. The number of unbranched alkanes of at least 4 members (excludes halogenated alkanes) is 2. The van der Waals surface area contributed by atoms with Gasteiger partial charge in [0.2, 0.25) is 0 Å². The lowest BCUT2D eigenvalue weighted by molar-refractivity contribution is 0.547. The Kier molecular flexibility index (Phi) is 6.03. The molecular weight excluding hydrogens is 320 g/mol. The van der Waals surface area contributed by atoms with E-state index in [1.54, 1.807) is 0 Å². The Morgan fingerprint density at radius 3 is 1.62 bits per heavy atom. The van der Waals surface area contributed by atoms with Gasteiger partial charge in [0, 0.05) is 29.7 Å². The van der Waals surface area contributed by atoms with Crippen LogP contribution in [0.1, 0.15) is 63.9 Å². The van der Waals surface area contributed by atoms with Gasteiger partial charge in [0.05, 0.1) is 0 Å². The van der Waals surface area contributed by atoms with Crippen LogP contribution < -0.4 is 0 Å². The van der Waals surface area contributed by atoms with Crippen LogP contribution in [0.25, 0.3) is 21.9 Å². The van der Waals surface area contributed by atoms with Crippen LogP contribution >= 0.6 is 0 Å². The lowest BCUT2D eigenvalue weighted by Crippen LogP contribution is -1.87. The molecule has 0 saturated heterocycles. The zero-order valence-corrected chi connectivity index (χ0v) is 16.2. The Bertz CT molecular complexity index is 784. The van der Waals surface area contributed by atoms with Gasteiger partial charge in [0.1, 0.15) is 22.7 Å². The summed E-state index contributed by atoms with van der Waals surface area (Å²) in [4.78, 5) is 0. The first-order valence-electron chi connectivity index (χ1n) is 9.87. The quantitative estimate of drug-likeness (QED) is 0.349. The molecule has 0 aliphatic carbocycles. The van der Waals surface area contributed by atoms with E-state index in [9.17, 15) is 0 Å². The van der Waals surface area contributed by atoms with E-state index in [0.717, 1.165) is 59.1 Å². The van der Waals surface area contributed by atoms with Crippen LogP contribution in [0.15, 0.2) is 57.4 Å². The van der Waals surface area contributed by atoms with E-state index in [-0.39, 0.29) is 0 Å². The van der Waals surface area contributed by atoms with Gasteiger partial charge >= 0.3 is 0 Å². The van der Waals surface area contributed by atoms with Crippen LogP contribution in [-0.4, -0.2) is 0 Å². The van der Waals surface area contributed by atoms with Crippen molar-refractivity contribution in [3.05, 3.63) is 60.1 Å². The average molecular weight is 351 g/mol. The number of benzene rings is 1.